The molecular weight excluding hydrogens is 338 g/mol. The second-order valence-corrected chi connectivity index (χ2v) is 6.21. The number of anilines is 1. The number of nitrogens with one attached hydrogen (secondary N) is 1. The second-order valence-electron chi connectivity index (χ2n) is 5.25. The number of methoxy groups -OCH3 is 1. The Kier molecular flexibility index (Phi) is 6.14. The molecule has 128 valence electrons. The van der Waals surface area contributed by atoms with E-state index in [-0.39, 0.29) is 17.2 Å². The van der Waals surface area contributed by atoms with Gasteiger partial charge in [0.25, 0.3) is 0 Å². The summed E-state index contributed by atoms with van der Waals surface area (Å²) in [5.41, 5.74) is 2.75. The Labute approximate surface area is 150 Å². The lowest BCUT2D eigenvalue weighted by Crippen LogP contribution is -2.17. The molecule has 1 aromatic carbocycles. The summed E-state index contributed by atoms with van der Waals surface area (Å²) in [4.78, 5) is 28.3. The molecule has 0 atom stereocenters. The van der Waals surface area contributed by atoms with Gasteiger partial charge in [0, 0.05) is 5.69 Å². The van der Waals surface area contributed by atoms with Crippen LogP contribution in [0.2, 0.25) is 0 Å². The van der Waals surface area contributed by atoms with Gasteiger partial charge in [0.1, 0.15) is 11.1 Å². The van der Waals surface area contributed by atoms with Crippen molar-refractivity contribution in [1.82, 2.24) is 4.98 Å². The average Bonchev–Trinajstić information content (AvgIpc) is 2.59. The zero-order chi connectivity index (χ0) is 18.4. The summed E-state index contributed by atoms with van der Waals surface area (Å²) in [5, 5.41) is 12.5. The Morgan fingerprint density at radius 2 is 2.04 bits per heavy atom. The first-order valence-electron chi connectivity index (χ1n) is 7.44. The molecule has 0 saturated heterocycles. The van der Waals surface area contributed by atoms with E-state index in [1.54, 1.807) is 24.3 Å². The van der Waals surface area contributed by atoms with Gasteiger partial charge in [-0.25, -0.2) is 9.78 Å². The molecule has 1 amide bonds. The molecule has 1 aromatic heterocycles. The molecule has 25 heavy (non-hydrogen) atoms. The molecule has 0 unspecified atom stereocenters. The quantitative estimate of drug-likeness (QED) is 0.654. The smallest absolute Gasteiger partial charge is 0.339 e. The number of pyridine rings is 1. The van der Waals surface area contributed by atoms with Crippen molar-refractivity contribution in [3.8, 4) is 6.07 Å². The van der Waals surface area contributed by atoms with E-state index in [0.717, 1.165) is 11.3 Å². The van der Waals surface area contributed by atoms with Crippen LogP contribution < -0.4 is 5.32 Å². The van der Waals surface area contributed by atoms with Crippen molar-refractivity contribution < 1.29 is 14.3 Å². The van der Waals surface area contributed by atoms with Gasteiger partial charge in [-0.05, 0) is 37.6 Å². The average molecular weight is 355 g/mol. The van der Waals surface area contributed by atoms with Gasteiger partial charge in [-0.2, -0.15) is 5.26 Å². The number of nitriles is 1. The van der Waals surface area contributed by atoms with Crippen molar-refractivity contribution in [2.24, 2.45) is 0 Å². The largest absolute Gasteiger partial charge is 0.465 e. The van der Waals surface area contributed by atoms with Gasteiger partial charge in [-0.1, -0.05) is 23.9 Å². The lowest BCUT2D eigenvalue weighted by atomic mass is 10.1. The van der Waals surface area contributed by atoms with Crippen molar-refractivity contribution in [2.45, 2.75) is 18.9 Å². The highest BCUT2D eigenvalue weighted by Gasteiger charge is 2.15. The van der Waals surface area contributed by atoms with E-state index in [2.05, 4.69) is 16.4 Å². The first kappa shape index (κ1) is 18.5. The Morgan fingerprint density at radius 1 is 1.32 bits per heavy atom. The molecule has 1 N–H and O–H groups in total. The Morgan fingerprint density at radius 3 is 2.72 bits per heavy atom. The van der Waals surface area contributed by atoms with Crippen LogP contribution in [-0.4, -0.2) is 29.7 Å². The molecule has 1 heterocycles. The van der Waals surface area contributed by atoms with Crippen LogP contribution in [0.25, 0.3) is 0 Å². The van der Waals surface area contributed by atoms with Gasteiger partial charge in [-0.3, -0.25) is 4.79 Å². The van der Waals surface area contributed by atoms with Crippen molar-refractivity contribution in [3.05, 3.63) is 52.7 Å². The number of hydrogen-bond donors (Lipinski definition) is 1. The van der Waals surface area contributed by atoms with Crippen LogP contribution >= 0.6 is 11.8 Å². The zero-order valence-electron chi connectivity index (χ0n) is 14.1. The maximum atomic E-state index is 12.2. The predicted molar refractivity (Wildman–Crippen MR) is 95.6 cm³/mol. The molecule has 6 nitrogen and oxygen atoms in total. The van der Waals surface area contributed by atoms with Crippen molar-refractivity contribution in [2.75, 3.05) is 18.2 Å². The predicted octanol–water partition coefficient (Wildman–Crippen LogP) is 3.09. The molecule has 2 rings (SSSR count). The van der Waals surface area contributed by atoms with Crippen LogP contribution in [0, 0.1) is 25.2 Å². The Bertz CT molecular complexity index is 859. The number of benzene rings is 1. The second kappa shape index (κ2) is 8.31. The fraction of sp³-hybridized carbons (Fsp3) is 0.222. The van der Waals surface area contributed by atoms with E-state index in [4.69, 9.17) is 4.74 Å². The number of rotatable bonds is 5. The molecule has 0 aliphatic carbocycles. The summed E-state index contributed by atoms with van der Waals surface area (Å²) in [6, 6.07) is 10.6. The molecule has 0 saturated carbocycles. The first-order chi connectivity index (χ1) is 12.0. The number of carbonyl (C=O) groups excluding carboxylic acids is 2. The standard InChI is InChI=1S/C18H17N3O3S/c1-11-8-12(2)20-17(14(11)9-19)25-10-16(22)21-15-7-5-4-6-13(15)18(23)24-3/h4-8H,10H2,1-3H3,(H,21,22). The monoisotopic (exact) mass is 355 g/mol. The summed E-state index contributed by atoms with van der Waals surface area (Å²) in [6.45, 7) is 3.68. The highest BCUT2D eigenvalue weighted by atomic mass is 32.2. The number of hydrogen-bond acceptors (Lipinski definition) is 6. The van der Waals surface area contributed by atoms with E-state index in [1.807, 2.05) is 19.9 Å². The number of aryl methyl sites for hydroxylation is 2. The van der Waals surface area contributed by atoms with Crippen molar-refractivity contribution >= 4 is 29.3 Å². The SMILES string of the molecule is COC(=O)c1ccccc1NC(=O)CSc1nc(C)cc(C)c1C#N. The molecule has 2 aromatic rings. The third-order valence-electron chi connectivity index (χ3n) is 3.37. The van der Waals surface area contributed by atoms with Crippen molar-refractivity contribution in [3.63, 3.8) is 0 Å². The molecule has 0 aliphatic rings. The summed E-state index contributed by atoms with van der Waals surface area (Å²) in [5.74, 6) is -0.752. The molecule has 0 spiro atoms. The van der Waals surface area contributed by atoms with Gasteiger partial charge in [0.2, 0.25) is 5.91 Å². The van der Waals surface area contributed by atoms with E-state index in [1.165, 1.54) is 18.9 Å². The highest BCUT2D eigenvalue weighted by Crippen LogP contribution is 2.24. The number of esters is 1. The lowest BCUT2D eigenvalue weighted by Gasteiger charge is -2.10. The van der Waals surface area contributed by atoms with Crippen LogP contribution in [0.1, 0.15) is 27.2 Å². The Hall–Kier alpha value is -2.85. The number of carbonyl (C=O) groups is 2. The van der Waals surface area contributed by atoms with Crippen LogP contribution in [0.4, 0.5) is 5.69 Å². The number of ether oxygens (including phenoxy) is 1. The van der Waals surface area contributed by atoms with E-state index >= 15 is 0 Å². The number of thioether (sulfide) groups is 1. The van der Waals surface area contributed by atoms with E-state index in [0.29, 0.717) is 16.3 Å². The van der Waals surface area contributed by atoms with E-state index < -0.39 is 5.97 Å². The van der Waals surface area contributed by atoms with Gasteiger partial charge in [0.15, 0.2) is 0 Å². The molecule has 0 bridgehead atoms. The Balaban J connectivity index is 2.11. The third kappa shape index (κ3) is 4.58. The summed E-state index contributed by atoms with van der Waals surface area (Å²) in [7, 11) is 1.28. The van der Waals surface area contributed by atoms with E-state index in [9.17, 15) is 14.9 Å². The fourth-order valence-corrected chi connectivity index (χ4v) is 3.14. The summed E-state index contributed by atoms with van der Waals surface area (Å²) < 4.78 is 4.70. The molecule has 0 radical (unpaired) electrons. The molecule has 0 fully saturated rings. The molecular formula is C18H17N3O3S. The van der Waals surface area contributed by atoms with Crippen molar-refractivity contribution in [1.29, 1.82) is 5.26 Å². The van der Waals surface area contributed by atoms with Crippen LogP contribution in [0.3, 0.4) is 0 Å². The van der Waals surface area contributed by atoms with Gasteiger partial charge < -0.3 is 10.1 Å². The normalized spacial score (nSPS) is 10.0. The number of para-hydroxylation sites is 1. The molecule has 7 heteroatoms. The topological polar surface area (TPSA) is 92.1 Å². The molecule has 0 aliphatic heterocycles. The lowest BCUT2D eigenvalue weighted by molar-refractivity contribution is -0.113. The van der Waals surface area contributed by atoms with Gasteiger partial charge >= 0.3 is 5.97 Å². The summed E-state index contributed by atoms with van der Waals surface area (Å²) in [6.07, 6.45) is 0. The van der Waals surface area contributed by atoms with Crippen LogP contribution in [0.5, 0.6) is 0 Å². The minimum Gasteiger partial charge on any atom is -0.465 e. The number of nitrogens with zero attached hydrogens (tertiary/aromatic N) is 2. The highest BCUT2D eigenvalue weighted by molar-refractivity contribution is 8.00. The summed E-state index contributed by atoms with van der Waals surface area (Å²) >= 11 is 1.19. The first-order valence-corrected chi connectivity index (χ1v) is 8.43. The van der Waals surface area contributed by atoms with Gasteiger partial charge in [-0.15, -0.1) is 0 Å². The van der Waals surface area contributed by atoms with Crippen LogP contribution in [0.15, 0.2) is 35.4 Å². The maximum absolute atomic E-state index is 12.2. The number of amides is 1. The minimum absolute atomic E-state index is 0.0695. The number of aromatic nitrogens is 1. The maximum Gasteiger partial charge on any atom is 0.339 e. The van der Waals surface area contributed by atoms with Crippen LogP contribution in [-0.2, 0) is 9.53 Å². The van der Waals surface area contributed by atoms with Gasteiger partial charge in [0.05, 0.1) is 29.7 Å². The zero-order valence-corrected chi connectivity index (χ0v) is 14.9. The third-order valence-corrected chi connectivity index (χ3v) is 4.35. The fourth-order valence-electron chi connectivity index (χ4n) is 2.24. The minimum atomic E-state index is -0.522.